The highest BCUT2D eigenvalue weighted by atomic mass is 32.2. The van der Waals surface area contributed by atoms with Crippen LogP contribution in [-0.4, -0.2) is 58.0 Å². The number of aryl methyl sites for hydroxylation is 1. The van der Waals surface area contributed by atoms with E-state index in [1.54, 1.807) is 13.0 Å². The van der Waals surface area contributed by atoms with Gasteiger partial charge in [-0.2, -0.15) is 17.5 Å². The Morgan fingerprint density at radius 1 is 0.935 bits per heavy atom. The van der Waals surface area contributed by atoms with E-state index in [4.69, 9.17) is 9.47 Å². The molecule has 0 saturated carbocycles. The SMILES string of the molecule is COc1cc(C)c(S(=O)(=O)N2CCN(Cc3ccc(C(F)(F)F)cc3)CC2)cc1OC. The molecule has 1 fully saturated rings. The average molecular weight is 459 g/mol. The van der Waals surface area contributed by atoms with Crippen molar-refractivity contribution in [1.29, 1.82) is 0 Å². The van der Waals surface area contributed by atoms with Crippen LogP contribution in [0, 0.1) is 6.92 Å². The Balaban J connectivity index is 1.67. The molecule has 0 spiro atoms. The van der Waals surface area contributed by atoms with Crippen molar-refractivity contribution in [2.75, 3.05) is 40.4 Å². The van der Waals surface area contributed by atoms with E-state index in [0.29, 0.717) is 36.7 Å². The van der Waals surface area contributed by atoms with Gasteiger partial charge in [-0.3, -0.25) is 4.90 Å². The van der Waals surface area contributed by atoms with Crippen molar-refractivity contribution in [3.05, 3.63) is 53.1 Å². The number of methoxy groups -OCH3 is 2. The van der Waals surface area contributed by atoms with Crippen molar-refractivity contribution in [3.8, 4) is 11.5 Å². The highest BCUT2D eigenvalue weighted by Crippen LogP contribution is 2.34. The van der Waals surface area contributed by atoms with E-state index in [1.165, 1.54) is 36.7 Å². The summed E-state index contributed by atoms with van der Waals surface area (Å²) in [5, 5.41) is 0. The van der Waals surface area contributed by atoms with Crippen molar-refractivity contribution < 1.29 is 31.1 Å². The van der Waals surface area contributed by atoms with Gasteiger partial charge in [-0.1, -0.05) is 12.1 Å². The number of hydrogen-bond donors (Lipinski definition) is 0. The maximum absolute atomic E-state index is 13.2. The molecule has 2 aromatic rings. The van der Waals surface area contributed by atoms with Gasteiger partial charge < -0.3 is 9.47 Å². The molecule has 1 heterocycles. The van der Waals surface area contributed by atoms with Crippen molar-refractivity contribution in [1.82, 2.24) is 9.21 Å². The van der Waals surface area contributed by atoms with Crippen LogP contribution in [0.2, 0.25) is 0 Å². The zero-order valence-electron chi connectivity index (χ0n) is 17.6. The van der Waals surface area contributed by atoms with E-state index < -0.39 is 21.8 Å². The lowest BCUT2D eigenvalue weighted by atomic mass is 10.1. The number of hydrogen-bond acceptors (Lipinski definition) is 5. The van der Waals surface area contributed by atoms with Gasteiger partial charge in [-0.05, 0) is 36.2 Å². The molecule has 0 radical (unpaired) electrons. The van der Waals surface area contributed by atoms with E-state index in [0.717, 1.165) is 17.7 Å². The molecule has 0 amide bonds. The number of sulfonamides is 1. The van der Waals surface area contributed by atoms with E-state index in [1.807, 2.05) is 4.90 Å². The van der Waals surface area contributed by atoms with Gasteiger partial charge in [0.2, 0.25) is 10.0 Å². The third kappa shape index (κ3) is 5.13. The average Bonchev–Trinajstić information content (AvgIpc) is 2.73. The molecule has 1 aliphatic rings. The Morgan fingerprint density at radius 2 is 1.48 bits per heavy atom. The van der Waals surface area contributed by atoms with E-state index in [9.17, 15) is 21.6 Å². The van der Waals surface area contributed by atoms with Gasteiger partial charge in [-0.25, -0.2) is 8.42 Å². The van der Waals surface area contributed by atoms with Crippen LogP contribution in [0.15, 0.2) is 41.3 Å². The predicted molar refractivity (Wildman–Crippen MR) is 110 cm³/mol. The van der Waals surface area contributed by atoms with Crippen LogP contribution in [-0.2, 0) is 22.7 Å². The molecular formula is C21H25F3N2O4S. The lowest BCUT2D eigenvalue weighted by molar-refractivity contribution is -0.137. The Labute approximate surface area is 180 Å². The molecule has 31 heavy (non-hydrogen) atoms. The largest absolute Gasteiger partial charge is 0.493 e. The first kappa shape index (κ1) is 23.4. The standard InChI is InChI=1S/C21H25F3N2O4S/c1-15-12-18(29-2)19(30-3)13-20(15)31(27,28)26-10-8-25(9-11-26)14-16-4-6-17(7-5-16)21(22,23)24/h4-7,12-13H,8-11,14H2,1-3H3. The third-order valence-corrected chi connectivity index (χ3v) is 7.36. The molecule has 0 bridgehead atoms. The van der Waals surface area contributed by atoms with Crippen LogP contribution in [0.3, 0.4) is 0 Å². The second-order valence-electron chi connectivity index (χ2n) is 7.35. The lowest BCUT2D eigenvalue weighted by Crippen LogP contribution is -2.48. The van der Waals surface area contributed by atoms with Crippen LogP contribution in [0.1, 0.15) is 16.7 Å². The summed E-state index contributed by atoms with van der Waals surface area (Å²) in [6, 6.07) is 8.15. The molecule has 1 aliphatic heterocycles. The zero-order chi connectivity index (χ0) is 22.8. The summed E-state index contributed by atoms with van der Waals surface area (Å²) >= 11 is 0. The summed E-state index contributed by atoms with van der Waals surface area (Å²) in [7, 11) is -0.787. The fourth-order valence-corrected chi connectivity index (χ4v) is 5.21. The van der Waals surface area contributed by atoms with Gasteiger partial charge >= 0.3 is 6.18 Å². The van der Waals surface area contributed by atoms with Crippen LogP contribution in [0.5, 0.6) is 11.5 Å². The normalized spacial score (nSPS) is 16.3. The van der Waals surface area contributed by atoms with Crippen molar-refractivity contribution >= 4 is 10.0 Å². The highest BCUT2D eigenvalue weighted by Gasteiger charge is 2.32. The number of nitrogens with zero attached hydrogens (tertiary/aromatic N) is 2. The summed E-state index contributed by atoms with van der Waals surface area (Å²) in [6.45, 7) is 3.70. The fourth-order valence-electron chi connectivity index (χ4n) is 3.56. The Morgan fingerprint density at radius 3 is 2.00 bits per heavy atom. The van der Waals surface area contributed by atoms with E-state index >= 15 is 0 Å². The molecular weight excluding hydrogens is 433 g/mol. The minimum atomic E-state index is -4.36. The highest BCUT2D eigenvalue weighted by molar-refractivity contribution is 7.89. The lowest BCUT2D eigenvalue weighted by Gasteiger charge is -2.34. The zero-order valence-corrected chi connectivity index (χ0v) is 18.4. The first-order valence-electron chi connectivity index (χ1n) is 9.67. The van der Waals surface area contributed by atoms with E-state index in [2.05, 4.69) is 0 Å². The molecule has 2 aromatic carbocycles. The Bertz CT molecular complexity index is 1020. The van der Waals surface area contributed by atoms with Gasteiger partial charge in [0.05, 0.1) is 24.7 Å². The molecule has 0 unspecified atom stereocenters. The van der Waals surface area contributed by atoms with Crippen LogP contribution in [0.25, 0.3) is 0 Å². The van der Waals surface area contributed by atoms with Crippen molar-refractivity contribution in [3.63, 3.8) is 0 Å². The first-order chi connectivity index (χ1) is 14.6. The topological polar surface area (TPSA) is 59.1 Å². The predicted octanol–water partition coefficient (Wildman–Crippen LogP) is 3.54. The summed E-state index contributed by atoms with van der Waals surface area (Å²) in [5.74, 6) is 0.799. The quantitative estimate of drug-likeness (QED) is 0.663. The van der Waals surface area contributed by atoms with Gasteiger partial charge in [0.25, 0.3) is 0 Å². The number of halogens is 3. The van der Waals surface area contributed by atoms with Crippen LogP contribution >= 0.6 is 0 Å². The van der Waals surface area contributed by atoms with Crippen molar-refractivity contribution in [2.24, 2.45) is 0 Å². The molecule has 10 heteroatoms. The number of ether oxygens (including phenoxy) is 2. The molecule has 0 N–H and O–H groups in total. The Kier molecular flexibility index (Phi) is 6.82. The molecule has 1 saturated heterocycles. The van der Waals surface area contributed by atoms with Gasteiger partial charge in [0.15, 0.2) is 11.5 Å². The summed E-state index contributed by atoms with van der Waals surface area (Å²) in [4.78, 5) is 2.19. The molecule has 3 rings (SSSR count). The third-order valence-electron chi connectivity index (χ3n) is 5.32. The van der Waals surface area contributed by atoms with Crippen LogP contribution in [0.4, 0.5) is 13.2 Å². The minimum Gasteiger partial charge on any atom is -0.493 e. The van der Waals surface area contributed by atoms with Crippen LogP contribution < -0.4 is 9.47 Å². The molecule has 170 valence electrons. The number of benzene rings is 2. The van der Waals surface area contributed by atoms with Gasteiger partial charge in [-0.15, -0.1) is 0 Å². The molecule has 0 aromatic heterocycles. The minimum absolute atomic E-state index is 0.168. The second-order valence-corrected chi connectivity index (χ2v) is 9.25. The maximum Gasteiger partial charge on any atom is 0.416 e. The number of rotatable bonds is 6. The van der Waals surface area contributed by atoms with Crippen molar-refractivity contribution in [2.45, 2.75) is 24.5 Å². The van der Waals surface area contributed by atoms with Gasteiger partial charge in [0.1, 0.15) is 0 Å². The fraction of sp³-hybridized carbons (Fsp3) is 0.429. The summed E-state index contributed by atoms with van der Waals surface area (Å²) in [5.41, 5.74) is 0.627. The monoisotopic (exact) mass is 458 g/mol. The van der Waals surface area contributed by atoms with E-state index in [-0.39, 0.29) is 18.0 Å². The van der Waals surface area contributed by atoms with Gasteiger partial charge in [0, 0.05) is 38.8 Å². The Hall–Kier alpha value is -2.30. The number of alkyl halides is 3. The maximum atomic E-state index is 13.2. The molecule has 0 aliphatic carbocycles. The number of piperazine rings is 1. The first-order valence-corrected chi connectivity index (χ1v) is 11.1. The summed E-state index contributed by atoms with van der Waals surface area (Å²) in [6.07, 6.45) is -4.36. The summed E-state index contributed by atoms with van der Waals surface area (Å²) < 4.78 is 76.4. The molecule has 6 nitrogen and oxygen atoms in total. The second kappa shape index (κ2) is 9.05. The smallest absolute Gasteiger partial charge is 0.416 e. The molecule has 0 atom stereocenters.